The number of aromatic nitrogens is 2. The second-order valence-corrected chi connectivity index (χ2v) is 3.43. The van der Waals surface area contributed by atoms with Gasteiger partial charge in [0.05, 0.1) is 5.30 Å². The molecule has 0 amide bonds. The molecule has 0 radical (unpaired) electrons. The maximum absolute atomic E-state index is 10.5. The van der Waals surface area contributed by atoms with E-state index in [1.54, 1.807) is 0 Å². The van der Waals surface area contributed by atoms with Crippen molar-refractivity contribution in [1.29, 1.82) is 0 Å². The Morgan fingerprint density at radius 2 is 2.18 bits per heavy atom. The van der Waals surface area contributed by atoms with Crippen LogP contribution in [0.5, 0.6) is 0 Å². The summed E-state index contributed by atoms with van der Waals surface area (Å²) in [6, 6.07) is 0. The molecule has 1 aromatic rings. The number of H-pyrrole nitrogens is 1. The van der Waals surface area contributed by atoms with E-state index in [0.29, 0.717) is 0 Å². The van der Waals surface area contributed by atoms with Gasteiger partial charge in [-0.2, -0.15) is 0 Å². The molecular formula is C4H5N2O4P. The average molecular weight is 176 g/mol. The summed E-state index contributed by atoms with van der Waals surface area (Å²) in [6.45, 7) is 0. The van der Waals surface area contributed by atoms with E-state index in [1.165, 1.54) is 0 Å². The lowest BCUT2D eigenvalue weighted by atomic mass is 10.7. The summed E-state index contributed by atoms with van der Waals surface area (Å²) in [6.07, 6.45) is 1.79. The van der Waals surface area contributed by atoms with Gasteiger partial charge in [-0.3, -0.25) is 4.57 Å². The summed E-state index contributed by atoms with van der Waals surface area (Å²) < 4.78 is 10.5. The van der Waals surface area contributed by atoms with E-state index < -0.39 is 13.3 Å². The van der Waals surface area contributed by atoms with Crippen LogP contribution in [0.2, 0.25) is 0 Å². The number of aromatic amines is 1. The third kappa shape index (κ3) is 1.98. The minimum absolute atomic E-state index is 0.294. The highest BCUT2D eigenvalue weighted by atomic mass is 31.2. The standard InChI is InChI=1S/C4H5N2O4P/c7-4-5-1-3(2-6-4)11(8,9)10/h1-2H,(H,5,6,7)(H2,8,9,10). The summed E-state index contributed by atoms with van der Waals surface area (Å²) in [7, 11) is -4.27. The first-order chi connectivity index (χ1) is 5.00. The third-order valence-corrected chi connectivity index (χ3v) is 1.91. The molecule has 60 valence electrons. The highest BCUT2D eigenvalue weighted by Gasteiger charge is 2.16. The Kier molecular flexibility index (Phi) is 1.90. The van der Waals surface area contributed by atoms with Crippen LogP contribution in [0.4, 0.5) is 0 Å². The SMILES string of the molecule is O=c1ncc(P(=O)(O)O)c[nH]1. The van der Waals surface area contributed by atoms with Crippen molar-refractivity contribution < 1.29 is 14.4 Å². The highest BCUT2D eigenvalue weighted by molar-refractivity contribution is 7.60. The first kappa shape index (κ1) is 8.13. The molecule has 0 aromatic carbocycles. The van der Waals surface area contributed by atoms with Gasteiger partial charge in [0.15, 0.2) is 0 Å². The van der Waals surface area contributed by atoms with Crippen molar-refractivity contribution in [2.24, 2.45) is 0 Å². The monoisotopic (exact) mass is 176 g/mol. The normalized spacial score (nSPS) is 11.5. The molecule has 0 bridgehead atoms. The molecule has 1 rings (SSSR count). The zero-order valence-electron chi connectivity index (χ0n) is 5.26. The lowest BCUT2D eigenvalue weighted by Crippen LogP contribution is -2.16. The van der Waals surface area contributed by atoms with E-state index in [0.717, 1.165) is 12.4 Å². The number of hydrogen-bond donors (Lipinski definition) is 3. The van der Waals surface area contributed by atoms with E-state index in [4.69, 9.17) is 9.79 Å². The van der Waals surface area contributed by atoms with E-state index in [2.05, 4.69) is 4.98 Å². The van der Waals surface area contributed by atoms with Gasteiger partial charge in [0.1, 0.15) is 0 Å². The predicted octanol–water partition coefficient (Wildman–Crippen LogP) is -1.43. The fraction of sp³-hybridized carbons (Fsp3) is 0. The van der Waals surface area contributed by atoms with E-state index >= 15 is 0 Å². The Balaban J connectivity index is 3.20. The fourth-order valence-electron chi connectivity index (χ4n) is 0.494. The largest absolute Gasteiger partial charge is 0.359 e. The lowest BCUT2D eigenvalue weighted by molar-refractivity contribution is 0.387. The summed E-state index contributed by atoms with van der Waals surface area (Å²) in [5, 5.41) is -0.294. The zero-order chi connectivity index (χ0) is 8.48. The Morgan fingerprint density at radius 1 is 1.55 bits per heavy atom. The maximum atomic E-state index is 10.5. The van der Waals surface area contributed by atoms with Gasteiger partial charge in [0.25, 0.3) is 0 Å². The quantitative estimate of drug-likeness (QED) is 0.455. The zero-order valence-corrected chi connectivity index (χ0v) is 6.15. The molecule has 3 N–H and O–H groups in total. The van der Waals surface area contributed by atoms with E-state index in [-0.39, 0.29) is 5.30 Å². The summed E-state index contributed by atoms with van der Waals surface area (Å²) in [4.78, 5) is 32.6. The second kappa shape index (κ2) is 2.58. The number of nitrogens with zero attached hydrogens (tertiary/aromatic N) is 1. The first-order valence-electron chi connectivity index (χ1n) is 2.61. The van der Waals surface area contributed by atoms with Crippen LogP contribution in [0.3, 0.4) is 0 Å². The topological polar surface area (TPSA) is 103 Å². The van der Waals surface area contributed by atoms with Crippen LogP contribution in [0.15, 0.2) is 17.2 Å². The molecule has 0 spiro atoms. The number of nitrogens with one attached hydrogen (secondary N) is 1. The van der Waals surface area contributed by atoms with Crippen molar-refractivity contribution in [3.05, 3.63) is 22.9 Å². The van der Waals surface area contributed by atoms with Crippen LogP contribution in [-0.4, -0.2) is 19.8 Å². The summed E-state index contributed by atoms with van der Waals surface area (Å²) in [5.41, 5.74) is -0.637. The predicted molar refractivity (Wildman–Crippen MR) is 36.5 cm³/mol. The Labute approximate surface area is 61.1 Å². The number of hydrogen-bond acceptors (Lipinski definition) is 3. The Bertz CT molecular complexity index is 333. The third-order valence-electron chi connectivity index (χ3n) is 0.994. The van der Waals surface area contributed by atoms with Crippen molar-refractivity contribution in [2.45, 2.75) is 0 Å². The van der Waals surface area contributed by atoms with Crippen LogP contribution < -0.4 is 11.0 Å². The van der Waals surface area contributed by atoms with Gasteiger partial charge in [0, 0.05) is 12.4 Å². The molecule has 0 saturated carbocycles. The van der Waals surface area contributed by atoms with Gasteiger partial charge >= 0.3 is 13.3 Å². The van der Waals surface area contributed by atoms with Crippen molar-refractivity contribution in [3.63, 3.8) is 0 Å². The van der Waals surface area contributed by atoms with Crippen molar-refractivity contribution in [1.82, 2.24) is 9.97 Å². The van der Waals surface area contributed by atoms with E-state index in [9.17, 15) is 9.36 Å². The molecule has 7 heteroatoms. The lowest BCUT2D eigenvalue weighted by Gasteiger charge is -1.99. The molecule has 0 fully saturated rings. The van der Waals surface area contributed by atoms with Gasteiger partial charge in [-0.25, -0.2) is 9.78 Å². The van der Waals surface area contributed by atoms with Gasteiger partial charge in [-0.1, -0.05) is 0 Å². The van der Waals surface area contributed by atoms with Crippen LogP contribution in [0.1, 0.15) is 0 Å². The van der Waals surface area contributed by atoms with Crippen LogP contribution >= 0.6 is 7.60 Å². The van der Waals surface area contributed by atoms with Crippen molar-refractivity contribution >= 4 is 12.9 Å². The van der Waals surface area contributed by atoms with Gasteiger partial charge in [0.2, 0.25) is 0 Å². The highest BCUT2D eigenvalue weighted by Crippen LogP contribution is 2.31. The Morgan fingerprint density at radius 3 is 2.55 bits per heavy atom. The molecular weight excluding hydrogens is 171 g/mol. The smallest absolute Gasteiger partial charge is 0.321 e. The van der Waals surface area contributed by atoms with E-state index in [1.807, 2.05) is 4.98 Å². The molecule has 0 saturated heterocycles. The summed E-state index contributed by atoms with van der Waals surface area (Å²) >= 11 is 0. The molecule has 0 atom stereocenters. The van der Waals surface area contributed by atoms with Crippen LogP contribution in [0, 0.1) is 0 Å². The number of rotatable bonds is 1. The first-order valence-corrected chi connectivity index (χ1v) is 4.22. The average Bonchev–Trinajstić information content (AvgIpc) is 1.86. The molecule has 1 heterocycles. The molecule has 6 nitrogen and oxygen atoms in total. The van der Waals surface area contributed by atoms with Crippen molar-refractivity contribution in [3.8, 4) is 0 Å². The molecule has 0 unspecified atom stereocenters. The second-order valence-electron chi connectivity index (χ2n) is 1.82. The van der Waals surface area contributed by atoms with Gasteiger partial charge in [-0.05, 0) is 0 Å². The van der Waals surface area contributed by atoms with Gasteiger partial charge in [-0.15, -0.1) is 0 Å². The molecule has 0 aliphatic rings. The Hall–Kier alpha value is -0.970. The summed E-state index contributed by atoms with van der Waals surface area (Å²) in [5.74, 6) is 0. The molecule has 0 aliphatic heterocycles. The van der Waals surface area contributed by atoms with Crippen molar-refractivity contribution in [2.75, 3.05) is 0 Å². The maximum Gasteiger partial charge on any atom is 0.359 e. The van der Waals surface area contributed by atoms with Gasteiger partial charge < -0.3 is 14.8 Å². The van der Waals surface area contributed by atoms with Crippen LogP contribution in [0.25, 0.3) is 0 Å². The minimum atomic E-state index is -4.27. The molecule has 0 aliphatic carbocycles. The molecule has 1 aromatic heterocycles. The molecule has 11 heavy (non-hydrogen) atoms. The fourth-order valence-corrected chi connectivity index (χ4v) is 0.935. The van der Waals surface area contributed by atoms with Crippen LogP contribution in [-0.2, 0) is 4.57 Å². The minimum Gasteiger partial charge on any atom is -0.321 e.